The van der Waals surface area contributed by atoms with Crippen molar-refractivity contribution in [1.82, 2.24) is 0 Å². The van der Waals surface area contributed by atoms with E-state index < -0.39 is 28.4 Å². The zero-order valence-electron chi connectivity index (χ0n) is 16.5. The van der Waals surface area contributed by atoms with Gasteiger partial charge in [-0.05, 0) is 48.5 Å². The van der Waals surface area contributed by atoms with Gasteiger partial charge in [0.05, 0.1) is 23.3 Å². The number of nitrogens with zero attached hydrogens (tertiary/aromatic N) is 1. The van der Waals surface area contributed by atoms with Gasteiger partial charge in [-0.15, -0.1) is 0 Å². The number of amides is 1. The highest BCUT2D eigenvalue weighted by Crippen LogP contribution is 2.26. The van der Waals surface area contributed by atoms with Gasteiger partial charge in [-0.3, -0.25) is 9.10 Å². The van der Waals surface area contributed by atoms with Crippen LogP contribution in [0.5, 0.6) is 0 Å². The fraction of sp³-hybridized carbons (Fsp3) is 0.0909. The first-order valence-electron chi connectivity index (χ1n) is 9.13. The van der Waals surface area contributed by atoms with E-state index in [0.29, 0.717) is 10.7 Å². The topological polar surface area (TPSA) is 92.8 Å². The van der Waals surface area contributed by atoms with Gasteiger partial charge in [0, 0.05) is 10.7 Å². The summed E-state index contributed by atoms with van der Waals surface area (Å²) in [6, 6.07) is 20.2. The SMILES string of the molecule is COC(=O)c1cccc(NC(=O)CN(c2cccc(Cl)c2)S(=O)(=O)c2ccccc2)c1. The van der Waals surface area contributed by atoms with Crippen LogP contribution in [0.15, 0.2) is 83.8 Å². The third-order valence-electron chi connectivity index (χ3n) is 4.28. The molecule has 0 radical (unpaired) electrons. The van der Waals surface area contributed by atoms with E-state index in [2.05, 4.69) is 10.1 Å². The summed E-state index contributed by atoms with van der Waals surface area (Å²) in [6.45, 7) is -0.500. The molecular formula is C22H19ClN2O5S. The Morgan fingerprint density at radius 3 is 2.35 bits per heavy atom. The van der Waals surface area contributed by atoms with Crippen molar-refractivity contribution >= 4 is 44.9 Å². The zero-order valence-corrected chi connectivity index (χ0v) is 18.1. The molecule has 0 unspecified atom stereocenters. The van der Waals surface area contributed by atoms with Crippen LogP contribution in [0.1, 0.15) is 10.4 Å². The van der Waals surface area contributed by atoms with Crippen molar-refractivity contribution in [2.75, 3.05) is 23.3 Å². The Balaban J connectivity index is 1.91. The summed E-state index contributed by atoms with van der Waals surface area (Å²) < 4.78 is 32.2. The lowest BCUT2D eigenvalue weighted by Gasteiger charge is -2.24. The molecule has 0 bridgehead atoms. The Labute approximate surface area is 185 Å². The molecule has 0 saturated carbocycles. The van der Waals surface area contributed by atoms with E-state index in [-0.39, 0.29) is 16.1 Å². The number of carbonyl (C=O) groups excluding carboxylic acids is 2. The molecule has 1 N–H and O–H groups in total. The van der Waals surface area contributed by atoms with Gasteiger partial charge in [0.15, 0.2) is 0 Å². The maximum Gasteiger partial charge on any atom is 0.337 e. The molecule has 0 aliphatic carbocycles. The zero-order chi connectivity index (χ0) is 22.4. The number of sulfonamides is 1. The summed E-state index contributed by atoms with van der Waals surface area (Å²) in [5.41, 5.74) is 0.828. The molecule has 0 aromatic heterocycles. The van der Waals surface area contributed by atoms with E-state index in [1.165, 1.54) is 31.4 Å². The van der Waals surface area contributed by atoms with Gasteiger partial charge in [-0.2, -0.15) is 0 Å². The second-order valence-corrected chi connectivity index (χ2v) is 8.72. The van der Waals surface area contributed by atoms with Gasteiger partial charge < -0.3 is 10.1 Å². The molecule has 0 fully saturated rings. The van der Waals surface area contributed by atoms with Gasteiger partial charge >= 0.3 is 5.97 Å². The molecule has 0 spiro atoms. The number of benzene rings is 3. The van der Waals surface area contributed by atoms with Crippen LogP contribution in [0.3, 0.4) is 0 Å². The molecule has 0 aliphatic rings. The Bertz CT molecular complexity index is 1200. The van der Waals surface area contributed by atoms with E-state index >= 15 is 0 Å². The highest BCUT2D eigenvalue weighted by Gasteiger charge is 2.27. The minimum atomic E-state index is -4.04. The standard InChI is InChI=1S/C22H19ClN2O5S/c1-30-22(27)16-7-5-9-18(13-16)24-21(26)15-25(19-10-6-8-17(23)14-19)31(28,29)20-11-3-2-4-12-20/h2-14H,15H2,1H3,(H,24,26). The highest BCUT2D eigenvalue weighted by atomic mass is 35.5. The normalized spacial score (nSPS) is 10.9. The summed E-state index contributed by atoms with van der Waals surface area (Å²) in [4.78, 5) is 24.5. The smallest absolute Gasteiger partial charge is 0.337 e. The predicted molar refractivity (Wildman–Crippen MR) is 119 cm³/mol. The first-order valence-corrected chi connectivity index (χ1v) is 10.9. The number of anilines is 2. The molecule has 0 atom stereocenters. The highest BCUT2D eigenvalue weighted by molar-refractivity contribution is 7.92. The summed E-state index contributed by atoms with van der Waals surface area (Å²) in [5.74, 6) is -1.15. The molecule has 3 aromatic rings. The number of esters is 1. The molecule has 7 nitrogen and oxygen atoms in total. The molecule has 1 amide bonds. The summed E-state index contributed by atoms with van der Waals surface area (Å²) >= 11 is 6.05. The van der Waals surface area contributed by atoms with Crippen LogP contribution < -0.4 is 9.62 Å². The Morgan fingerprint density at radius 1 is 0.968 bits per heavy atom. The van der Waals surface area contributed by atoms with E-state index in [1.807, 2.05) is 0 Å². The molecular weight excluding hydrogens is 440 g/mol. The van der Waals surface area contributed by atoms with Crippen molar-refractivity contribution in [2.24, 2.45) is 0 Å². The molecule has 0 aliphatic heterocycles. The lowest BCUT2D eigenvalue weighted by atomic mass is 10.2. The van der Waals surface area contributed by atoms with E-state index in [0.717, 1.165) is 4.31 Å². The number of halogens is 1. The molecule has 160 valence electrons. The van der Waals surface area contributed by atoms with Gasteiger partial charge in [-0.25, -0.2) is 13.2 Å². The van der Waals surface area contributed by atoms with E-state index in [9.17, 15) is 18.0 Å². The fourth-order valence-electron chi connectivity index (χ4n) is 2.84. The average molecular weight is 459 g/mol. The predicted octanol–water partition coefficient (Wildman–Crippen LogP) is 3.96. The van der Waals surface area contributed by atoms with Crippen LogP contribution in [0.25, 0.3) is 0 Å². The number of ether oxygens (including phenoxy) is 1. The van der Waals surface area contributed by atoms with Gasteiger partial charge in [-0.1, -0.05) is 41.9 Å². The van der Waals surface area contributed by atoms with Crippen LogP contribution >= 0.6 is 11.6 Å². The molecule has 31 heavy (non-hydrogen) atoms. The van der Waals surface area contributed by atoms with Crippen LogP contribution in [-0.4, -0.2) is 33.9 Å². The van der Waals surface area contributed by atoms with Crippen LogP contribution in [0.4, 0.5) is 11.4 Å². The van der Waals surface area contributed by atoms with Gasteiger partial charge in [0.25, 0.3) is 10.0 Å². The van der Waals surface area contributed by atoms with Crippen molar-refractivity contribution < 1.29 is 22.7 Å². The third-order valence-corrected chi connectivity index (χ3v) is 6.31. The molecule has 9 heteroatoms. The van der Waals surface area contributed by atoms with Crippen LogP contribution in [0.2, 0.25) is 5.02 Å². The lowest BCUT2D eigenvalue weighted by molar-refractivity contribution is -0.114. The number of carbonyl (C=O) groups is 2. The minimum absolute atomic E-state index is 0.0375. The number of hydrogen-bond donors (Lipinski definition) is 1. The van der Waals surface area contributed by atoms with Crippen LogP contribution in [0, 0.1) is 0 Å². The largest absolute Gasteiger partial charge is 0.465 e. The van der Waals surface area contributed by atoms with Crippen molar-refractivity contribution in [3.8, 4) is 0 Å². The van der Waals surface area contributed by atoms with Crippen LogP contribution in [-0.2, 0) is 19.6 Å². The molecule has 0 heterocycles. The minimum Gasteiger partial charge on any atom is -0.465 e. The van der Waals surface area contributed by atoms with Gasteiger partial charge in [0.2, 0.25) is 5.91 Å². The van der Waals surface area contributed by atoms with Crippen molar-refractivity contribution in [3.05, 3.63) is 89.4 Å². The molecule has 0 saturated heterocycles. The monoisotopic (exact) mass is 458 g/mol. The van der Waals surface area contributed by atoms with E-state index in [4.69, 9.17) is 11.6 Å². The van der Waals surface area contributed by atoms with Crippen molar-refractivity contribution in [1.29, 1.82) is 0 Å². The maximum atomic E-state index is 13.3. The molecule has 3 rings (SSSR count). The summed E-state index contributed by atoms with van der Waals surface area (Å²) in [5, 5.41) is 2.94. The number of hydrogen-bond acceptors (Lipinski definition) is 5. The van der Waals surface area contributed by atoms with Gasteiger partial charge in [0.1, 0.15) is 6.54 Å². The number of rotatable bonds is 7. The first-order chi connectivity index (χ1) is 14.8. The Hall–Kier alpha value is -3.36. The first kappa shape index (κ1) is 22.3. The Kier molecular flexibility index (Phi) is 6.94. The number of nitrogens with one attached hydrogen (secondary N) is 1. The third kappa shape index (κ3) is 5.42. The molecule has 3 aromatic carbocycles. The quantitative estimate of drug-likeness (QED) is 0.541. The second-order valence-electron chi connectivity index (χ2n) is 6.43. The second kappa shape index (κ2) is 9.63. The summed E-state index contributed by atoms with van der Waals surface area (Å²) in [7, 11) is -2.79. The van der Waals surface area contributed by atoms with Crippen molar-refractivity contribution in [2.45, 2.75) is 4.90 Å². The maximum absolute atomic E-state index is 13.3. The fourth-order valence-corrected chi connectivity index (χ4v) is 4.46. The summed E-state index contributed by atoms with van der Waals surface area (Å²) in [6.07, 6.45) is 0. The van der Waals surface area contributed by atoms with E-state index in [1.54, 1.807) is 54.6 Å². The van der Waals surface area contributed by atoms with Crippen molar-refractivity contribution in [3.63, 3.8) is 0 Å². The average Bonchev–Trinajstić information content (AvgIpc) is 2.77. The lowest BCUT2D eigenvalue weighted by Crippen LogP contribution is -2.38. The number of methoxy groups -OCH3 is 1. The Morgan fingerprint density at radius 2 is 1.68 bits per heavy atom.